The van der Waals surface area contributed by atoms with Crippen LogP contribution in [0.15, 0.2) is 72.8 Å². The van der Waals surface area contributed by atoms with Crippen LogP contribution in [0.5, 0.6) is 0 Å². The summed E-state index contributed by atoms with van der Waals surface area (Å²) in [6, 6.07) is 22.8. The highest BCUT2D eigenvalue weighted by molar-refractivity contribution is 6.31. The van der Waals surface area contributed by atoms with Gasteiger partial charge >= 0.3 is 0 Å². The summed E-state index contributed by atoms with van der Waals surface area (Å²) in [5, 5.41) is 9.31. The minimum Gasteiger partial charge on any atom is -0.324 e. The van der Waals surface area contributed by atoms with Crippen LogP contribution in [0.2, 0.25) is 5.02 Å². The van der Waals surface area contributed by atoms with Crippen LogP contribution in [0.4, 0.5) is 5.69 Å². The SMILES string of the molecule is Cc1ccc(NC(=O)[C@H](C)n2nc(-c3ccccc3)c3cc(Cl)ccc32)cc1. The molecular weight excluding hydrogens is 370 g/mol. The Morgan fingerprint density at radius 2 is 1.75 bits per heavy atom. The molecule has 0 bridgehead atoms. The number of benzene rings is 3. The van der Waals surface area contributed by atoms with Crippen LogP contribution >= 0.6 is 11.6 Å². The van der Waals surface area contributed by atoms with Crippen molar-refractivity contribution in [2.24, 2.45) is 0 Å². The zero-order valence-electron chi connectivity index (χ0n) is 15.7. The molecule has 4 aromatic rings. The number of aryl methyl sites for hydroxylation is 1. The van der Waals surface area contributed by atoms with E-state index in [4.69, 9.17) is 16.7 Å². The van der Waals surface area contributed by atoms with E-state index in [1.165, 1.54) is 0 Å². The predicted molar refractivity (Wildman–Crippen MR) is 115 cm³/mol. The summed E-state index contributed by atoms with van der Waals surface area (Å²) in [5.74, 6) is -0.122. The molecule has 0 saturated heterocycles. The second-order valence-corrected chi connectivity index (χ2v) is 7.29. The van der Waals surface area contributed by atoms with E-state index in [9.17, 15) is 4.79 Å². The molecule has 0 fully saturated rings. The van der Waals surface area contributed by atoms with E-state index in [2.05, 4.69) is 5.32 Å². The largest absolute Gasteiger partial charge is 0.324 e. The fraction of sp³-hybridized carbons (Fsp3) is 0.130. The summed E-state index contributed by atoms with van der Waals surface area (Å²) in [7, 11) is 0. The molecule has 140 valence electrons. The number of anilines is 1. The molecule has 0 aliphatic carbocycles. The lowest BCUT2D eigenvalue weighted by atomic mass is 10.1. The van der Waals surface area contributed by atoms with E-state index in [-0.39, 0.29) is 5.91 Å². The molecule has 0 aliphatic heterocycles. The summed E-state index contributed by atoms with van der Waals surface area (Å²) >= 11 is 6.23. The van der Waals surface area contributed by atoms with Gasteiger partial charge in [-0.25, -0.2) is 0 Å². The molecule has 1 heterocycles. The van der Waals surface area contributed by atoms with Gasteiger partial charge in [0.05, 0.1) is 5.52 Å². The number of halogens is 1. The average molecular weight is 390 g/mol. The first-order valence-electron chi connectivity index (χ1n) is 9.13. The molecule has 1 N–H and O–H groups in total. The van der Waals surface area contributed by atoms with Gasteiger partial charge in [-0.05, 0) is 44.2 Å². The highest BCUT2D eigenvalue weighted by atomic mass is 35.5. The van der Waals surface area contributed by atoms with Gasteiger partial charge < -0.3 is 5.32 Å². The fourth-order valence-electron chi connectivity index (χ4n) is 3.21. The van der Waals surface area contributed by atoms with E-state index in [0.717, 1.165) is 33.4 Å². The van der Waals surface area contributed by atoms with Crippen molar-refractivity contribution in [3.8, 4) is 11.3 Å². The van der Waals surface area contributed by atoms with Crippen LogP contribution in [0.25, 0.3) is 22.2 Å². The molecule has 5 heteroatoms. The molecule has 0 radical (unpaired) electrons. The number of carbonyl (C=O) groups is 1. The van der Waals surface area contributed by atoms with E-state index in [0.29, 0.717) is 5.02 Å². The van der Waals surface area contributed by atoms with Crippen LogP contribution in [0.1, 0.15) is 18.5 Å². The van der Waals surface area contributed by atoms with Gasteiger partial charge in [-0.2, -0.15) is 5.10 Å². The lowest BCUT2D eigenvalue weighted by Crippen LogP contribution is -2.24. The topological polar surface area (TPSA) is 46.9 Å². The van der Waals surface area contributed by atoms with Gasteiger partial charge in [0.15, 0.2) is 0 Å². The first-order valence-corrected chi connectivity index (χ1v) is 9.51. The zero-order valence-corrected chi connectivity index (χ0v) is 16.4. The number of carbonyl (C=O) groups excluding carboxylic acids is 1. The van der Waals surface area contributed by atoms with Crippen LogP contribution in [0, 0.1) is 6.92 Å². The molecule has 0 unspecified atom stereocenters. The van der Waals surface area contributed by atoms with E-state index >= 15 is 0 Å². The Kier molecular flexibility index (Phi) is 4.88. The Hall–Kier alpha value is -3.11. The lowest BCUT2D eigenvalue weighted by molar-refractivity contribution is -0.118. The molecule has 4 rings (SSSR count). The summed E-state index contributed by atoms with van der Waals surface area (Å²) in [6.07, 6.45) is 0. The Morgan fingerprint density at radius 1 is 1.04 bits per heavy atom. The minimum absolute atomic E-state index is 0.122. The maximum Gasteiger partial charge on any atom is 0.248 e. The van der Waals surface area contributed by atoms with Crippen LogP contribution < -0.4 is 5.32 Å². The number of hydrogen-bond donors (Lipinski definition) is 1. The standard InChI is InChI=1S/C23H20ClN3O/c1-15-8-11-19(12-9-15)25-23(28)16(2)27-21-13-10-18(24)14-20(21)22(26-27)17-6-4-3-5-7-17/h3-14,16H,1-2H3,(H,25,28)/t16-/m0/s1. The highest BCUT2D eigenvalue weighted by Gasteiger charge is 2.21. The van der Waals surface area contributed by atoms with Crippen molar-refractivity contribution < 1.29 is 4.79 Å². The number of hydrogen-bond acceptors (Lipinski definition) is 2. The molecule has 3 aromatic carbocycles. The summed E-state index contributed by atoms with van der Waals surface area (Å²) < 4.78 is 1.76. The van der Waals surface area contributed by atoms with E-state index in [1.807, 2.05) is 86.6 Å². The second kappa shape index (κ2) is 7.49. The number of nitrogens with one attached hydrogen (secondary N) is 1. The van der Waals surface area contributed by atoms with Crippen LogP contribution in [-0.2, 0) is 4.79 Å². The third kappa shape index (κ3) is 3.51. The minimum atomic E-state index is -0.484. The van der Waals surface area contributed by atoms with Crippen LogP contribution in [-0.4, -0.2) is 15.7 Å². The smallest absolute Gasteiger partial charge is 0.248 e. The second-order valence-electron chi connectivity index (χ2n) is 6.85. The molecule has 4 nitrogen and oxygen atoms in total. The number of aromatic nitrogens is 2. The third-order valence-corrected chi connectivity index (χ3v) is 5.02. The maximum absolute atomic E-state index is 12.9. The average Bonchev–Trinajstić information content (AvgIpc) is 3.08. The van der Waals surface area contributed by atoms with Crippen molar-refractivity contribution in [1.29, 1.82) is 0 Å². The van der Waals surface area contributed by atoms with Gasteiger partial charge in [0.1, 0.15) is 11.7 Å². The molecule has 0 spiro atoms. The van der Waals surface area contributed by atoms with Crippen molar-refractivity contribution in [2.45, 2.75) is 19.9 Å². The fourth-order valence-corrected chi connectivity index (χ4v) is 3.38. The summed E-state index contributed by atoms with van der Waals surface area (Å²) in [4.78, 5) is 12.9. The maximum atomic E-state index is 12.9. The Balaban J connectivity index is 1.73. The lowest BCUT2D eigenvalue weighted by Gasteiger charge is -2.14. The van der Waals surface area contributed by atoms with Gasteiger partial charge in [-0.3, -0.25) is 9.48 Å². The molecule has 1 aromatic heterocycles. The van der Waals surface area contributed by atoms with Gasteiger partial charge in [0, 0.05) is 21.7 Å². The van der Waals surface area contributed by atoms with Crippen molar-refractivity contribution >= 4 is 34.1 Å². The third-order valence-electron chi connectivity index (χ3n) is 4.78. The van der Waals surface area contributed by atoms with E-state index < -0.39 is 6.04 Å². The first-order chi connectivity index (χ1) is 13.5. The summed E-state index contributed by atoms with van der Waals surface area (Å²) in [5.41, 5.74) is 4.58. The van der Waals surface area contributed by atoms with Crippen molar-refractivity contribution in [1.82, 2.24) is 9.78 Å². The quantitative estimate of drug-likeness (QED) is 0.474. The molecule has 1 amide bonds. The Morgan fingerprint density at radius 3 is 2.46 bits per heavy atom. The monoisotopic (exact) mass is 389 g/mol. The molecule has 28 heavy (non-hydrogen) atoms. The number of amides is 1. The number of rotatable bonds is 4. The van der Waals surface area contributed by atoms with Crippen molar-refractivity contribution in [3.63, 3.8) is 0 Å². The zero-order chi connectivity index (χ0) is 19.7. The summed E-state index contributed by atoms with van der Waals surface area (Å²) in [6.45, 7) is 3.86. The first kappa shape index (κ1) is 18.3. The Labute approximate surface area is 168 Å². The number of fused-ring (bicyclic) bond motifs is 1. The van der Waals surface area contributed by atoms with E-state index in [1.54, 1.807) is 4.68 Å². The normalized spacial score (nSPS) is 12.1. The number of nitrogens with zero attached hydrogens (tertiary/aromatic N) is 2. The van der Waals surface area contributed by atoms with Gasteiger partial charge in [0.25, 0.3) is 0 Å². The van der Waals surface area contributed by atoms with Gasteiger partial charge in [0.2, 0.25) is 5.91 Å². The molecule has 0 aliphatic rings. The molecular formula is C23H20ClN3O. The predicted octanol–water partition coefficient (Wildman–Crippen LogP) is 5.86. The molecule has 1 atom stereocenters. The molecule has 0 saturated carbocycles. The van der Waals surface area contributed by atoms with Gasteiger partial charge in [-0.1, -0.05) is 59.6 Å². The Bertz CT molecular complexity index is 1130. The van der Waals surface area contributed by atoms with Gasteiger partial charge in [-0.15, -0.1) is 0 Å². The van der Waals surface area contributed by atoms with Crippen molar-refractivity contribution in [2.75, 3.05) is 5.32 Å². The van der Waals surface area contributed by atoms with Crippen molar-refractivity contribution in [3.05, 3.63) is 83.4 Å². The van der Waals surface area contributed by atoms with Crippen LogP contribution in [0.3, 0.4) is 0 Å². The highest BCUT2D eigenvalue weighted by Crippen LogP contribution is 2.32.